The summed E-state index contributed by atoms with van der Waals surface area (Å²) in [7, 11) is 3.61. The fraction of sp³-hybridized carbons (Fsp3) is 0.625. The lowest BCUT2D eigenvalue weighted by atomic mass is 9.73. The van der Waals surface area contributed by atoms with Gasteiger partial charge >= 0.3 is 0 Å². The summed E-state index contributed by atoms with van der Waals surface area (Å²) in [5.74, 6) is 0.584. The van der Waals surface area contributed by atoms with Crippen molar-refractivity contribution < 1.29 is 9.13 Å². The Balaban J connectivity index is 2.43. The Hall–Kier alpha value is -1.09. The standard InChI is InChI=1S/C16H24FNO/c1-4-16(9-5-6-10-16)15(18-2)13-11-12(17)7-8-14(13)19-3/h7-8,11,15,18H,4-6,9-10H2,1-3H3. The summed E-state index contributed by atoms with van der Waals surface area (Å²) in [5, 5.41) is 3.41. The van der Waals surface area contributed by atoms with Crippen molar-refractivity contribution in [2.75, 3.05) is 14.2 Å². The molecule has 19 heavy (non-hydrogen) atoms. The van der Waals surface area contributed by atoms with Gasteiger partial charge in [0.25, 0.3) is 0 Å². The molecule has 0 radical (unpaired) electrons. The van der Waals surface area contributed by atoms with Gasteiger partial charge in [-0.25, -0.2) is 4.39 Å². The zero-order valence-electron chi connectivity index (χ0n) is 12.1. The second-order valence-electron chi connectivity index (χ2n) is 5.53. The van der Waals surface area contributed by atoms with Gasteiger partial charge in [0, 0.05) is 11.6 Å². The lowest BCUT2D eigenvalue weighted by Crippen LogP contribution is -2.34. The van der Waals surface area contributed by atoms with Gasteiger partial charge in [-0.2, -0.15) is 0 Å². The summed E-state index contributed by atoms with van der Waals surface area (Å²) in [6.07, 6.45) is 6.05. The van der Waals surface area contributed by atoms with Gasteiger partial charge in [-0.05, 0) is 49.9 Å². The Morgan fingerprint density at radius 3 is 2.58 bits per heavy atom. The Bertz CT molecular complexity index is 427. The highest BCUT2D eigenvalue weighted by atomic mass is 19.1. The topological polar surface area (TPSA) is 21.3 Å². The van der Waals surface area contributed by atoms with Crippen LogP contribution in [-0.4, -0.2) is 14.2 Å². The molecular formula is C16H24FNO. The minimum Gasteiger partial charge on any atom is -0.496 e. The maximum atomic E-state index is 13.6. The van der Waals surface area contributed by atoms with Crippen LogP contribution in [-0.2, 0) is 0 Å². The largest absolute Gasteiger partial charge is 0.496 e. The van der Waals surface area contributed by atoms with Crippen molar-refractivity contribution in [3.05, 3.63) is 29.6 Å². The first kappa shape index (κ1) is 14.3. The molecule has 1 aliphatic carbocycles. The third-order valence-electron chi connectivity index (χ3n) is 4.71. The highest BCUT2D eigenvalue weighted by Crippen LogP contribution is 2.51. The van der Waals surface area contributed by atoms with Crippen molar-refractivity contribution in [1.82, 2.24) is 5.32 Å². The Morgan fingerprint density at radius 1 is 1.37 bits per heavy atom. The molecule has 0 bridgehead atoms. The maximum absolute atomic E-state index is 13.6. The van der Waals surface area contributed by atoms with Gasteiger partial charge in [0.1, 0.15) is 11.6 Å². The molecule has 1 aliphatic rings. The maximum Gasteiger partial charge on any atom is 0.123 e. The summed E-state index contributed by atoms with van der Waals surface area (Å²) in [6, 6.07) is 4.97. The van der Waals surface area contributed by atoms with Crippen molar-refractivity contribution in [1.29, 1.82) is 0 Å². The zero-order chi connectivity index (χ0) is 13.9. The summed E-state index contributed by atoms with van der Waals surface area (Å²) in [4.78, 5) is 0. The predicted octanol–water partition coefficient (Wildman–Crippen LogP) is 4.07. The molecule has 0 saturated heterocycles. The number of halogens is 1. The zero-order valence-corrected chi connectivity index (χ0v) is 12.1. The molecule has 1 fully saturated rings. The van der Waals surface area contributed by atoms with E-state index in [4.69, 9.17) is 4.74 Å². The second kappa shape index (κ2) is 5.91. The fourth-order valence-corrected chi connectivity index (χ4v) is 3.65. The van der Waals surface area contributed by atoms with E-state index >= 15 is 0 Å². The van der Waals surface area contributed by atoms with E-state index in [0.717, 1.165) is 17.7 Å². The summed E-state index contributed by atoms with van der Waals surface area (Å²) in [5.41, 5.74) is 1.18. The number of methoxy groups -OCH3 is 1. The van der Waals surface area contributed by atoms with Crippen LogP contribution in [0.15, 0.2) is 18.2 Å². The van der Waals surface area contributed by atoms with Gasteiger partial charge in [0.2, 0.25) is 0 Å². The number of rotatable bonds is 5. The fourth-order valence-electron chi connectivity index (χ4n) is 3.65. The van der Waals surface area contributed by atoms with E-state index in [2.05, 4.69) is 12.2 Å². The van der Waals surface area contributed by atoms with E-state index < -0.39 is 0 Å². The molecule has 0 heterocycles. The smallest absolute Gasteiger partial charge is 0.123 e. The number of nitrogens with one attached hydrogen (secondary N) is 1. The first-order valence-corrected chi connectivity index (χ1v) is 7.17. The van der Waals surface area contributed by atoms with Gasteiger partial charge < -0.3 is 10.1 Å². The van der Waals surface area contributed by atoms with Crippen molar-refractivity contribution >= 4 is 0 Å². The molecule has 2 nitrogen and oxygen atoms in total. The lowest BCUT2D eigenvalue weighted by Gasteiger charge is -2.37. The van der Waals surface area contributed by atoms with Gasteiger partial charge in [-0.3, -0.25) is 0 Å². The van der Waals surface area contributed by atoms with Gasteiger partial charge in [-0.1, -0.05) is 19.8 Å². The molecule has 0 amide bonds. The predicted molar refractivity (Wildman–Crippen MR) is 75.9 cm³/mol. The molecule has 0 aliphatic heterocycles. The van der Waals surface area contributed by atoms with Crippen LogP contribution in [0.5, 0.6) is 5.75 Å². The van der Waals surface area contributed by atoms with Gasteiger partial charge in [0.15, 0.2) is 0 Å². The third kappa shape index (κ3) is 2.62. The normalized spacial score (nSPS) is 19.4. The van der Waals surface area contributed by atoms with E-state index in [0.29, 0.717) is 0 Å². The number of hydrogen-bond donors (Lipinski definition) is 1. The van der Waals surface area contributed by atoms with Crippen molar-refractivity contribution in [2.45, 2.75) is 45.1 Å². The van der Waals surface area contributed by atoms with E-state index in [1.165, 1.54) is 31.7 Å². The van der Waals surface area contributed by atoms with Crippen LogP contribution in [0.25, 0.3) is 0 Å². The van der Waals surface area contributed by atoms with E-state index in [1.54, 1.807) is 19.2 Å². The second-order valence-corrected chi connectivity index (χ2v) is 5.53. The summed E-state index contributed by atoms with van der Waals surface area (Å²) >= 11 is 0. The molecule has 3 heteroatoms. The van der Waals surface area contributed by atoms with Crippen LogP contribution in [0.3, 0.4) is 0 Å². The molecule has 1 saturated carbocycles. The van der Waals surface area contributed by atoms with Crippen molar-refractivity contribution in [3.63, 3.8) is 0 Å². The quantitative estimate of drug-likeness (QED) is 0.866. The molecule has 1 aromatic carbocycles. The lowest BCUT2D eigenvalue weighted by molar-refractivity contribution is 0.191. The number of hydrogen-bond acceptors (Lipinski definition) is 2. The van der Waals surface area contributed by atoms with Crippen LogP contribution in [0.4, 0.5) is 4.39 Å². The molecule has 1 N–H and O–H groups in total. The average Bonchev–Trinajstić information content (AvgIpc) is 2.90. The van der Waals surface area contributed by atoms with Gasteiger partial charge in [0.05, 0.1) is 7.11 Å². The molecule has 2 rings (SSSR count). The minimum atomic E-state index is -0.194. The van der Waals surface area contributed by atoms with Crippen LogP contribution >= 0.6 is 0 Å². The van der Waals surface area contributed by atoms with Crippen molar-refractivity contribution in [3.8, 4) is 5.75 Å². The van der Waals surface area contributed by atoms with Crippen LogP contribution < -0.4 is 10.1 Å². The van der Waals surface area contributed by atoms with Gasteiger partial charge in [-0.15, -0.1) is 0 Å². The Kier molecular flexibility index (Phi) is 4.46. The molecule has 106 valence electrons. The molecule has 1 atom stereocenters. The number of benzene rings is 1. The van der Waals surface area contributed by atoms with Crippen LogP contribution in [0.1, 0.15) is 50.6 Å². The molecule has 1 aromatic rings. The molecular weight excluding hydrogens is 241 g/mol. The van der Waals surface area contributed by atoms with E-state index in [9.17, 15) is 4.39 Å². The average molecular weight is 265 g/mol. The Morgan fingerprint density at radius 2 is 2.05 bits per heavy atom. The third-order valence-corrected chi connectivity index (χ3v) is 4.71. The summed E-state index contributed by atoms with van der Waals surface area (Å²) < 4.78 is 19.0. The molecule has 0 spiro atoms. The highest BCUT2D eigenvalue weighted by molar-refractivity contribution is 5.38. The highest BCUT2D eigenvalue weighted by Gasteiger charge is 2.40. The SMILES string of the molecule is CCC1(C(NC)c2cc(F)ccc2OC)CCCC1. The number of ether oxygens (including phenoxy) is 1. The molecule has 0 aromatic heterocycles. The van der Waals surface area contributed by atoms with E-state index in [-0.39, 0.29) is 17.3 Å². The van der Waals surface area contributed by atoms with Crippen LogP contribution in [0, 0.1) is 11.2 Å². The minimum absolute atomic E-state index is 0.158. The first-order valence-electron chi connectivity index (χ1n) is 7.17. The van der Waals surface area contributed by atoms with Crippen molar-refractivity contribution in [2.24, 2.45) is 5.41 Å². The van der Waals surface area contributed by atoms with Crippen LogP contribution in [0.2, 0.25) is 0 Å². The monoisotopic (exact) mass is 265 g/mol. The van der Waals surface area contributed by atoms with E-state index in [1.807, 2.05) is 7.05 Å². The summed E-state index contributed by atoms with van der Waals surface area (Å²) in [6.45, 7) is 2.24. The first-order chi connectivity index (χ1) is 9.16. The Labute approximate surface area is 115 Å². The molecule has 1 unspecified atom stereocenters.